The molecule has 0 bridgehead atoms. The van der Waals surface area contributed by atoms with Crippen LogP contribution in [0.15, 0.2) is 17.2 Å². The number of piperazine rings is 1. The van der Waals surface area contributed by atoms with Gasteiger partial charge in [0.05, 0.1) is 39.0 Å². The first-order chi connectivity index (χ1) is 15.8. The number of hydrogen-bond acceptors (Lipinski definition) is 7. The van der Waals surface area contributed by atoms with Crippen LogP contribution < -0.4 is 14.9 Å². The minimum absolute atomic E-state index is 0.0517. The lowest BCUT2D eigenvalue weighted by Crippen LogP contribution is -2.54. The number of aromatic nitrogens is 3. The predicted molar refractivity (Wildman–Crippen MR) is 126 cm³/mol. The Labute approximate surface area is 193 Å². The Morgan fingerprint density at radius 1 is 1.24 bits per heavy atom. The summed E-state index contributed by atoms with van der Waals surface area (Å²) in [4.78, 5) is 19.1. The van der Waals surface area contributed by atoms with Crippen LogP contribution in [-0.4, -0.2) is 91.5 Å². The van der Waals surface area contributed by atoms with Crippen molar-refractivity contribution in [1.82, 2.24) is 29.5 Å². The van der Waals surface area contributed by atoms with E-state index in [-0.39, 0.29) is 17.3 Å². The Balaban J connectivity index is 1.49. The maximum absolute atomic E-state index is 13.9. The van der Waals surface area contributed by atoms with Crippen molar-refractivity contribution >= 4 is 31.8 Å². The van der Waals surface area contributed by atoms with Crippen molar-refractivity contribution in [3.8, 4) is 0 Å². The zero-order valence-electron chi connectivity index (χ0n) is 19.3. The standard InChI is InChI=1S/C22H31N7O3S/c1-4-22-10-18(22)33(31,26-22)16-9-17(28-11-14(2)23-15(3)12-28)19-24-25-20(29(19)13-16)21(30)27-5-7-32-8-6-27/h9,13-15,23H,4-8,10-12H2,1-3H3,(H,26,31)/t14-,15-,22?,33?/m0/s1. The highest BCUT2D eigenvalue weighted by molar-refractivity contribution is 8.03. The molecule has 11 heteroatoms. The van der Waals surface area contributed by atoms with Gasteiger partial charge < -0.3 is 19.9 Å². The van der Waals surface area contributed by atoms with E-state index in [2.05, 4.69) is 45.9 Å². The van der Waals surface area contributed by atoms with Gasteiger partial charge in [0.25, 0.3) is 5.91 Å². The second-order valence-electron chi connectivity index (χ2n) is 9.75. The van der Waals surface area contributed by atoms with Crippen molar-refractivity contribution in [2.45, 2.75) is 56.1 Å². The maximum Gasteiger partial charge on any atom is 0.292 e. The van der Waals surface area contributed by atoms with Crippen LogP contribution >= 0.6 is 0 Å². The molecule has 4 aliphatic rings. The highest BCUT2D eigenvalue weighted by atomic mass is 32.2. The van der Waals surface area contributed by atoms with E-state index in [0.717, 1.165) is 36.5 Å². The summed E-state index contributed by atoms with van der Waals surface area (Å²) >= 11 is 0. The molecule has 3 fully saturated rings. The molecule has 1 saturated carbocycles. The van der Waals surface area contributed by atoms with E-state index in [0.29, 0.717) is 48.9 Å². The summed E-state index contributed by atoms with van der Waals surface area (Å²) in [6.07, 6.45) is 3.61. The van der Waals surface area contributed by atoms with Crippen molar-refractivity contribution in [3.05, 3.63) is 18.1 Å². The van der Waals surface area contributed by atoms with Gasteiger partial charge in [-0.05, 0) is 26.3 Å². The second-order valence-corrected chi connectivity index (χ2v) is 12.0. The number of pyridine rings is 1. The molecule has 0 spiro atoms. The van der Waals surface area contributed by atoms with E-state index >= 15 is 0 Å². The van der Waals surface area contributed by atoms with Crippen LogP contribution in [0.5, 0.6) is 0 Å². The number of ether oxygens (including phenoxy) is 1. The third-order valence-corrected chi connectivity index (χ3v) is 10.1. The van der Waals surface area contributed by atoms with E-state index in [1.165, 1.54) is 0 Å². The number of nitrogens with one attached hydrogen (secondary N) is 2. The normalized spacial score (nSPS) is 33.7. The van der Waals surface area contributed by atoms with Crippen LogP contribution in [0.2, 0.25) is 0 Å². The topological polar surface area (TPSA) is 104 Å². The second kappa shape index (κ2) is 7.39. The van der Waals surface area contributed by atoms with Crippen LogP contribution in [0.1, 0.15) is 44.2 Å². The fourth-order valence-corrected chi connectivity index (χ4v) is 8.49. The van der Waals surface area contributed by atoms with E-state index in [1.807, 2.05) is 12.3 Å². The van der Waals surface area contributed by atoms with Crippen LogP contribution in [-0.2, 0) is 14.4 Å². The van der Waals surface area contributed by atoms with Gasteiger partial charge in [0, 0.05) is 55.7 Å². The third-order valence-electron chi connectivity index (χ3n) is 7.34. The summed E-state index contributed by atoms with van der Waals surface area (Å²) in [5.41, 5.74) is 1.45. The smallest absolute Gasteiger partial charge is 0.292 e. The monoisotopic (exact) mass is 473 g/mol. The lowest BCUT2D eigenvalue weighted by Gasteiger charge is -2.38. The van der Waals surface area contributed by atoms with Gasteiger partial charge in [-0.2, -0.15) is 0 Å². The van der Waals surface area contributed by atoms with Crippen LogP contribution in [0.4, 0.5) is 5.69 Å². The Morgan fingerprint density at radius 3 is 2.61 bits per heavy atom. The number of carbonyl (C=O) groups is 1. The van der Waals surface area contributed by atoms with Gasteiger partial charge in [-0.1, -0.05) is 6.92 Å². The van der Waals surface area contributed by atoms with Crippen LogP contribution in [0.3, 0.4) is 0 Å². The van der Waals surface area contributed by atoms with Crippen LogP contribution in [0.25, 0.3) is 5.65 Å². The molecule has 5 heterocycles. The largest absolute Gasteiger partial charge is 0.378 e. The van der Waals surface area contributed by atoms with Crippen molar-refractivity contribution in [2.24, 2.45) is 0 Å². The average Bonchev–Trinajstić information content (AvgIpc) is 3.24. The highest BCUT2D eigenvalue weighted by Gasteiger charge is 2.62. The number of hydrogen-bond donors (Lipinski definition) is 2. The summed E-state index contributed by atoms with van der Waals surface area (Å²) in [6.45, 7) is 10.1. The molecule has 2 N–H and O–H groups in total. The summed E-state index contributed by atoms with van der Waals surface area (Å²) in [6, 6.07) is 2.60. The molecule has 10 nitrogen and oxygen atoms in total. The zero-order valence-corrected chi connectivity index (χ0v) is 20.2. The first-order valence-electron chi connectivity index (χ1n) is 11.8. The van der Waals surface area contributed by atoms with E-state index in [1.54, 1.807) is 9.30 Å². The lowest BCUT2D eigenvalue weighted by atomic mass is 10.1. The van der Waals surface area contributed by atoms with Gasteiger partial charge in [0.15, 0.2) is 5.65 Å². The molecule has 2 unspecified atom stereocenters. The van der Waals surface area contributed by atoms with Crippen molar-refractivity contribution in [3.63, 3.8) is 0 Å². The fourth-order valence-electron chi connectivity index (χ4n) is 5.50. The lowest BCUT2D eigenvalue weighted by molar-refractivity contribution is 0.0294. The SMILES string of the molecule is CCC12CC1=S(=O)(c1cc(N3C[C@H](C)N[C@@H](C)C3)c3nnc(C(=O)N4CCOCC4)n3c1)N2. The Bertz CT molecular complexity index is 1250. The minimum atomic E-state index is -2.46. The molecule has 1 aliphatic carbocycles. The number of rotatable bonds is 4. The van der Waals surface area contributed by atoms with Gasteiger partial charge in [0.2, 0.25) is 5.82 Å². The highest BCUT2D eigenvalue weighted by Crippen LogP contribution is 2.48. The molecule has 2 aromatic heterocycles. The number of amides is 1. The summed E-state index contributed by atoms with van der Waals surface area (Å²) < 4.78 is 24.5. The first kappa shape index (κ1) is 21.3. The molecule has 0 radical (unpaired) electrons. The van der Waals surface area contributed by atoms with Crippen molar-refractivity contribution < 1.29 is 13.7 Å². The Hall–Kier alpha value is -2.21. The van der Waals surface area contributed by atoms with E-state index < -0.39 is 9.71 Å². The summed E-state index contributed by atoms with van der Waals surface area (Å²) in [5.74, 6) is 0.0885. The van der Waals surface area contributed by atoms with Gasteiger partial charge in [-0.3, -0.25) is 9.20 Å². The molecular weight excluding hydrogens is 442 g/mol. The summed E-state index contributed by atoms with van der Waals surface area (Å²) in [5, 5.41) is 12.3. The molecule has 178 valence electrons. The van der Waals surface area contributed by atoms with Crippen molar-refractivity contribution in [1.29, 1.82) is 0 Å². The maximum atomic E-state index is 13.9. The van der Waals surface area contributed by atoms with Gasteiger partial charge in [-0.15, -0.1) is 10.2 Å². The number of fused-ring (bicyclic) bond motifs is 2. The molecule has 3 aliphatic heterocycles. The average molecular weight is 474 g/mol. The summed E-state index contributed by atoms with van der Waals surface area (Å²) in [7, 11) is -2.46. The molecule has 6 rings (SSSR count). The molecule has 0 aromatic carbocycles. The number of nitrogens with zero attached hydrogens (tertiary/aromatic N) is 5. The number of carbonyl (C=O) groups excluding carboxylic acids is 1. The molecule has 2 aromatic rings. The predicted octanol–water partition coefficient (Wildman–Crippen LogP) is 0.275. The van der Waals surface area contributed by atoms with Crippen molar-refractivity contribution in [2.75, 3.05) is 44.3 Å². The molecule has 4 atom stereocenters. The number of anilines is 1. The van der Waals surface area contributed by atoms with E-state index in [4.69, 9.17) is 4.74 Å². The van der Waals surface area contributed by atoms with E-state index in [9.17, 15) is 9.00 Å². The van der Waals surface area contributed by atoms with Gasteiger partial charge >= 0.3 is 0 Å². The zero-order chi connectivity index (χ0) is 23.0. The first-order valence-corrected chi connectivity index (χ1v) is 13.4. The number of morpholine rings is 1. The molecule has 2 saturated heterocycles. The Kier molecular flexibility index (Phi) is 4.78. The van der Waals surface area contributed by atoms with Gasteiger partial charge in [0.1, 0.15) is 0 Å². The Morgan fingerprint density at radius 2 is 1.97 bits per heavy atom. The molecule has 1 amide bonds. The fraction of sp³-hybridized carbons (Fsp3) is 0.636. The van der Waals surface area contributed by atoms with Gasteiger partial charge in [-0.25, -0.2) is 8.93 Å². The molecular formula is C22H31N7O3S. The third kappa shape index (κ3) is 3.20. The van der Waals surface area contributed by atoms with Crippen LogP contribution in [0, 0.1) is 0 Å². The molecule has 33 heavy (non-hydrogen) atoms. The minimum Gasteiger partial charge on any atom is -0.378 e. The quantitative estimate of drug-likeness (QED) is 0.615.